The van der Waals surface area contributed by atoms with E-state index in [1.54, 1.807) is 6.08 Å². The second kappa shape index (κ2) is 21.3. The minimum atomic E-state index is -1.57. The lowest BCUT2D eigenvalue weighted by Crippen LogP contribution is -2.44. The van der Waals surface area contributed by atoms with Crippen molar-refractivity contribution in [3.8, 4) is 0 Å². The summed E-state index contributed by atoms with van der Waals surface area (Å²) >= 11 is 0. The SMILES string of the molecule is [C-]#[N+]CCOP(OC[C@H]1O[C@@H](n2cc(F)c(=O)n(C/C=C/CC/C=C/CCC=C(C)C)c2=O)C2OC(CCC)(CCC)O[C@H]21)N(C(C)C)C(C)C. The highest BCUT2D eigenvalue weighted by molar-refractivity contribution is 7.44. The predicted molar refractivity (Wildman–Crippen MR) is 200 cm³/mol. The van der Waals surface area contributed by atoms with Crippen molar-refractivity contribution in [2.45, 2.75) is 156 Å². The number of allylic oxidation sites excluding steroid dienone is 6. The monoisotopic (exact) mass is 734 g/mol. The summed E-state index contributed by atoms with van der Waals surface area (Å²) in [5.74, 6) is -1.95. The number of aromatic nitrogens is 2. The van der Waals surface area contributed by atoms with E-state index in [0.29, 0.717) is 12.8 Å². The van der Waals surface area contributed by atoms with Crippen LogP contribution in [-0.2, 0) is 29.8 Å². The minimum Gasteiger partial charge on any atom is -0.346 e. The molecule has 0 aliphatic carbocycles. The number of ether oxygens (including phenoxy) is 3. The average Bonchev–Trinajstić information content (AvgIpc) is 3.59. The summed E-state index contributed by atoms with van der Waals surface area (Å²) in [6.45, 7) is 24.1. The first-order valence-electron chi connectivity index (χ1n) is 18.5. The van der Waals surface area contributed by atoms with Crippen molar-refractivity contribution in [2.75, 3.05) is 19.8 Å². The Morgan fingerprint density at radius 2 is 1.61 bits per heavy atom. The molecule has 3 rings (SSSR count). The second-order valence-corrected chi connectivity index (χ2v) is 15.4. The van der Waals surface area contributed by atoms with E-state index in [1.807, 2.05) is 6.08 Å². The lowest BCUT2D eigenvalue weighted by molar-refractivity contribution is -0.226. The normalized spacial score (nSPS) is 22.1. The number of unbranched alkanes of at least 4 members (excludes halogenated alkanes) is 2. The zero-order chi connectivity index (χ0) is 37.6. The molecule has 3 heterocycles. The van der Waals surface area contributed by atoms with Crippen LogP contribution in [0.4, 0.5) is 4.39 Å². The van der Waals surface area contributed by atoms with Gasteiger partial charge in [-0.3, -0.25) is 13.9 Å². The number of halogens is 1. The lowest BCUT2D eigenvalue weighted by atomic mass is 10.1. The van der Waals surface area contributed by atoms with Gasteiger partial charge in [-0.15, -0.1) is 0 Å². The van der Waals surface area contributed by atoms with Crippen LogP contribution in [0.1, 0.15) is 113 Å². The Morgan fingerprint density at radius 1 is 1.00 bits per heavy atom. The Bertz CT molecular complexity index is 1470. The largest absolute Gasteiger partial charge is 0.346 e. The molecule has 1 aromatic rings. The van der Waals surface area contributed by atoms with Crippen molar-refractivity contribution < 1.29 is 27.6 Å². The molecule has 0 saturated carbocycles. The van der Waals surface area contributed by atoms with E-state index in [-0.39, 0.29) is 38.4 Å². The first-order chi connectivity index (χ1) is 24.4. The maximum atomic E-state index is 15.3. The molecule has 0 amide bonds. The molecule has 51 heavy (non-hydrogen) atoms. The summed E-state index contributed by atoms with van der Waals surface area (Å²) in [4.78, 5) is 30.1. The van der Waals surface area contributed by atoms with E-state index in [0.717, 1.165) is 53.9 Å². The highest BCUT2D eigenvalue weighted by Gasteiger charge is 2.58. The third-order valence-corrected chi connectivity index (χ3v) is 10.8. The summed E-state index contributed by atoms with van der Waals surface area (Å²) in [5, 5.41) is 0. The number of hydrogen-bond acceptors (Lipinski definition) is 8. The summed E-state index contributed by atoms with van der Waals surface area (Å²) in [6.07, 6.45) is 14.3. The average molecular weight is 735 g/mol. The molecule has 0 N–H and O–H groups in total. The molecule has 2 aliphatic heterocycles. The first-order valence-corrected chi connectivity index (χ1v) is 19.7. The molecule has 2 fully saturated rings. The molecular weight excluding hydrogens is 674 g/mol. The molecule has 0 spiro atoms. The third kappa shape index (κ3) is 12.0. The molecule has 13 heteroatoms. The predicted octanol–water partition coefficient (Wildman–Crippen LogP) is 8.06. The van der Waals surface area contributed by atoms with Crippen LogP contribution < -0.4 is 11.2 Å². The van der Waals surface area contributed by atoms with Crippen LogP contribution >= 0.6 is 8.53 Å². The van der Waals surface area contributed by atoms with Gasteiger partial charge in [0, 0.05) is 31.5 Å². The molecule has 11 nitrogen and oxygen atoms in total. The van der Waals surface area contributed by atoms with Crippen molar-refractivity contribution in [3.63, 3.8) is 0 Å². The zero-order valence-electron chi connectivity index (χ0n) is 31.9. The first kappa shape index (κ1) is 42.9. The fourth-order valence-electron chi connectivity index (χ4n) is 6.55. The van der Waals surface area contributed by atoms with E-state index in [9.17, 15) is 9.59 Å². The van der Waals surface area contributed by atoms with Gasteiger partial charge in [-0.25, -0.2) is 16.0 Å². The number of fused-ring (bicyclic) bond motifs is 1. The van der Waals surface area contributed by atoms with Gasteiger partial charge in [0.1, 0.15) is 24.9 Å². The Morgan fingerprint density at radius 3 is 2.20 bits per heavy atom. The van der Waals surface area contributed by atoms with E-state index in [2.05, 4.69) is 83.1 Å². The smallest absolute Gasteiger partial charge is 0.333 e. The molecular formula is C38H60FN4O7P. The highest BCUT2D eigenvalue weighted by atomic mass is 31.2. The maximum absolute atomic E-state index is 15.3. The van der Waals surface area contributed by atoms with Crippen molar-refractivity contribution in [1.82, 2.24) is 13.8 Å². The van der Waals surface area contributed by atoms with Gasteiger partial charge in [0.05, 0.1) is 12.8 Å². The van der Waals surface area contributed by atoms with Crippen LogP contribution in [0.3, 0.4) is 0 Å². The summed E-state index contributed by atoms with van der Waals surface area (Å²) in [5.41, 5.74) is -0.382. The number of rotatable bonds is 22. The van der Waals surface area contributed by atoms with E-state index in [1.165, 1.54) is 5.57 Å². The van der Waals surface area contributed by atoms with Crippen LogP contribution in [-0.4, -0.2) is 69.7 Å². The standard InChI is InChI=1S/C38H60FN4O7P/c1-10-21-38(22-11-2)49-33-32(27-47-51(46-25-23-40-9)43(29(5)6)30(7)8)48-36(34(33)50-38)42-26-31(39)35(44)41(37(42)45)24-19-17-15-13-12-14-16-18-20-28(3)4/h12,14,17,19-20,26,29-30,32-34,36H,10-11,13,15-16,18,21-25,27H2,1-8H3/b14-12+,19-17+/t32-,33+,34?,36-,51?/m1/s1. The maximum Gasteiger partial charge on any atom is 0.333 e. The highest BCUT2D eigenvalue weighted by Crippen LogP contribution is 2.50. The van der Waals surface area contributed by atoms with Gasteiger partial charge in [0.2, 0.25) is 12.4 Å². The summed E-state index contributed by atoms with van der Waals surface area (Å²) < 4.78 is 51.7. The Kier molecular flexibility index (Phi) is 17.9. The van der Waals surface area contributed by atoms with Crippen LogP contribution in [0.25, 0.3) is 4.85 Å². The van der Waals surface area contributed by atoms with Crippen molar-refractivity contribution >= 4 is 8.53 Å². The van der Waals surface area contributed by atoms with Crippen LogP contribution in [0.15, 0.2) is 51.7 Å². The van der Waals surface area contributed by atoms with Crippen LogP contribution in [0.5, 0.6) is 0 Å². The summed E-state index contributed by atoms with van der Waals surface area (Å²) in [7, 11) is -1.57. The molecule has 0 bridgehead atoms. The van der Waals surface area contributed by atoms with E-state index >= 15 is 4.39 Å². The van der Waals surface area contributed by atoms with Crippen LogP contribution in [0.2, 0.25) is 0 Å². The van der Waals surface area contributed by atoms with Crippen molar-refractivity contribution in [1.29, 1.82) is 0 Å². The Balaban J connectivity index is 1.86. The zero-order valence-corrected chi connectivity index (χ0v) is 32.8. The molecule has 2 aliphatic rings. The van der Waals surface area contributed by atoms with Gasteiger partial charge in [-0.05, 0) is 67.2 Å². The van der Waals surface area contributed by atoms with Gasteiger partial charge >= 0.3 is 5.69 Å². The fraction of sp³-hybridized carbons (Fsp3) is 0.711. The number of nitrogens with zero attached hydrogens (tertiary/aromatic N) is 4. The van der Waals surface area contributed by atoms with Gasteiger partial charge in [0.25, 0.3) is 14.1 Å². The Hall–Kier alpha value is -2.49. The van der Waals surface area contributed by atoms with E-state index in [4.69, 9.17) is 29.8 Å². The topological polar surface area (TPSA) is 97.8 Å². The molecule has 286 valence electrons. The third-order valence-electron chi connectivity index (χ3n) is 8.68. The molecule has 2 unspecified atom stereocenters. The minimum absolute atomic E-state index is 0.0536. The molecule has 5 atom stereocenters. The molecule has 0 radical (unpaired) electrons. The molecule has 2 saturated heterocycles. The van der Waals surface area contributed by atoms with Crippen molar-refractivity contribution in [3.05, 3.63) is 80.2 Å². The number of hydrogen-bond donors (Lipinski definition) is 0. The summed E-state index contributed by atoms with van der Waals surface area (Å²) in [6, 6.07) is 0.208. The van der Waals surface area contributed by atoms with E-state index < -0.39 is 55.9 Å². The quantitative estimate of drug-likeness (QED) is 0.0511. The van der Waals surface area contributed by atoms with Gasteiger partial charge in [-0.1, -0.05) is 62.6 Å². The molecule has 0 aromatic carbocycles. The lowest BCUT2D eigenvalue weighted by Gasteiger charge is -2.36. The Labute approximate surface area is 305 Å². The molecule has 1 aromatic heterocycles. The van der Waals surface area contributed by atoms with Gasteiger partial charge in [-0.2, -0.15) is 4.39 Å². The van der Waals surface area contributed by atoms with Gasteiger partial charge in [0.15, 0.2) is 12.0 Å². The van der Waals surface area contributed by atoms with Crippen molar-refractivity contribution in [2.24, 2.45) is 0 Å². The van der Waals surface area contributed by atoms with Gasteiger partial charge < -0.3 is 28.1 Å². The fourth-order valence-corrected chi connectivity index (χ4v) is 8.16. The second-order valence-electron chi connectivity index (χ2n) is 13.9. The van der Waals surface area contributed by atoms with Crippen LogP contribution in [0, 0.1) is 12.4 Å².